The monoisotopic (exact) mass is 259 g/mol. The lowest BCUT2D eigenvalue weighted by Gasteiger charge is -2.27. The van der Waals surface area contributed by atoms with Crippen LogP contribution in [0.5, 0.6) is 0 Å². The van der Waals surface area contributed by atoms with Gasteiger partial charge in [0.25, 0.3) is 0 Å². The van der Waals surface area contributed by atoms with Gasteiger partial charge in [-0.05, 0) is 31.6 Å². The smallest absolute Gasteiger partial charge is 0.131 e. The Morgan fingerprint density at radius 3 is 2.63 bits per heavy atom. The van der Waals surface area contributed by atoms with Crippen molar-refractivity contribution in [2.45, 2.75) is 70.4 Å². The van der Waals surface area contributed by atoms with Crippen LogP contribution in [0.1, 0.15) is 69.2 Å². The van der Waals surface area contributed by atoms with Crippen LogP contribution < -0.4 is 5.32 Å². The average Bonchev–Trinajstić information content (AvgIpc) is 3.30. The molecule has 2 aliphatic carbocycles. The van der Waals surface area contributed by atoms with Gasteiger partial charge < -0.3 is 5.32 Å². The maximum atomic E-state index is 4.62. The molecule has 3 heteroatoms. The fourth-order valence-electron chi connectivity index (χ4n) is 3.11. The molecule has 0 aromatic carbocycles. The summed E-state index contributed by atoms with van der Waals surface area (Å²) in [7, 11) is 0. The standard InChI is InChI=1S/C16H25N3/c1-2-12-4-3-5-14(8-12)16-18-10-13(11-19-16)9-17-15-6-7-15/h10-12,14-15,17H,2-9H2,1H3. The van der Waals surface area contributed by atoms with Gasteiger partial charge in [0.15, 0.2) is 0 Å². The molecule has 104 valence electrons. The van der Waals surface area contributed by atoms with Crippen molar-refractivity contribution in [1.82, 2.24) is 15.3 Å². The molecule has 19 heavy (non-hydrogen) atoms. The minimum Gasteiger partial charge on any atom is -0.310 e. The van der Waals surface area contributed by atoms with Crippen LogP contribution in [0.2, 0.25) is 0 Å². The first kappa shape index (κ1) is 13.0. The van der Waals surface area contributed by atoms with Gasteiger partial charge in [0.05, 0.1) is 0 Å². The Bertz CT molecular complexity index is 397. The molecule has 0 bridgehead atoms. The minimum atomic E-state index is 0.601. The highest BCUT2D eigenvalue weighted by molar-refractivity contribution is 5.08. The molecule has 0 spiro atoms. The number of hydrogen-bond acceptors (Lipinski definition) is 3. The summed E-state index contributed by atoms with van der Waals surface area (Å²) in [5.41, 5.74) is 1.22. The van der Waals surface area contributed by atoms with E-state index in [0.717, 1.165) is 24.3 Å². The van der Waals surface area contributed by atoms with Crippen molar-refractivity contribution in [2.75, 3.05) is 0 Å². The summed E-state index contributed by atoms with van der Waals surface area (Å²) in [5, 5.41) is 3.51. The second kappa shape index (κ2) is 6.00. The van der Waals surface area contributed by atoms with Crippen molar-refractivity contribution >= 4 is 0 Å². The van der Waals surface area contributed by atoms with Gasteiger partial charge in [-0.2, -0.15) is 0 Å². The van der Waals surface area contributed by atoms with Crippen LogP contribution in [0.3, 0.4) is 0 Å². The van der Waals surface area contributed by atoms with E-state index in [1.165, 1.54) is 50.5 Å². The van der Waals surface area contributed by atoms with Gasteiger partial charge in [-0.3, -0.25) is 0 Å². The van der Waals surface area contributed by atoms with E-state index < -0.39 is 0 Å². The third-order valence-corrected chi connectivity index (χ3v) is 4.62. The van der Waals surface area contributed by atoms with Crippen molar-refractivity contribution in [3.05, 3.63) is 23.8 Å². The Hall–Kier alpha value is -0.960. The first-order valence-electron chi connectivity index (χ1n) is 7.89. The second-order valence-electron chi connectivity index (χ2n) is 6.24. The summed E-state index contributed by atoms with van der Waals surface area (Å²) in [4.78, 5) is 9.24. The van der Waals surface area contributed by atoms with Crippen molar-refractivity contribution in [3.63, 3.8) is 0 Å². The van der Waals surface area contributed by atoms with Gasteiger partial charge in [0.2, 0.25) is 0 Å². The number of nitrogens with zero attached hydrogens (tertiary/aromatic N) is 2. The van der Waals surface area contributed by atoms with Gasteiger partial charge in [0.1, 0.15) is 5.82 Å². The zero-order valence-electron chi connectivity index (χ0n) is 11.9. The lowest BCUT2D eigenvalue weighted by atomic mass is 9.80. The quantitative estimate of drug-likeness (QED) is 0.880. The lowest BCUT2D eigenvalue weighted by Crippen LogP contribution is -2.18. The Kier molecular flexibility index (Phi) is 4.12. The van der Waals surface area contributed by atoms with E-state index in [1.807, 2.05) is 12.4 Å². The zero-order chi connectivity index (χ0) is 13.1. The van der Waals surface area contributed by atoms with Gasteiger partial charge >= 0.3 is 0 Å². The molecule has 0 radical (unpaired) electrons. The third-order valence-electron chi connectivity index (χ3n) is 4.62. The normalized spacial score (nSPS) is 27.4. The molecular formula is C16H25N3. The average molecular weight is 259 g/mol. The molecule has 1 N–H and O–H groups in total. The summed E-state index contributed by atoms with van der Waals surface area (Å²) in [5.74, 6) is 2.57. The van der Waals surface area contributed by atoms with Crippen LogP contribution in [0.15, 0.2) is 12.4 Å². The van der Waals surface area contributed by atoms with Gasteiger partial charge in [-0.25, -0.2) is 9.97 Å². The number of rotatable bonds is 5. The summed E-state index contributed by atoms with van der Waals surface area (Å²) in [6, 6.07) is 0.753. The molecule has 2 saturated carbocycles. The molecule has 2 atom stereocenters. The molecule has 0 aliphatic heterocycles. The predicted molar refractivity (Wildman–Crippen MR) is 76.9 cm³/mol. The Morgan fingerprint density at radius 2 is 1.95 bits per heavy atom. The highest BCUT2D eigenvalue weighted by Gasteiger charge is 2.24. The third kappa shape index (κ3) is 3.53. The van der Waals surface area contributed by atoms with Crippen LogP contribution >= 0.6 is 0 Å². The largest absolute Gasteiger partial charge is 0.310 e. The van der Waals surface area contributed by atoms with Crippen molar-refractivity contribution in [1.29, 1.82) is 0 Å². The topological polar surface area (TPSA) is 37.8 Å². The van der Waals surface area contributed by atoms with Crippen LogP contribution in [-0.4, -0.2) is 16.0 Å². The Morgan fingerprint density at radius 1 is 1.16 bits per heavy atom. The molecule has 3 rings (SSSR count). The predicted octanol–water partition coefficient (Wildman–Crippen LogP) is 3.41. The summed E-state index contributed by atoms with van der Waals surface area (Å²) < 4.78 is 0. The summed E-state index contributed by atoms with van der Waals surface area (Å²) >= 11 is 0. The van der Waals surface area contributed by atoms with E-state index in [4.69, 9.17) is 0 Å². The molecule has 2 aliphatic rings. The van der Waals surface area contributed by atoms with E-state index in [9.17, 15) is 0 Å². The molecule has 0 saturated heterocycles. The second-order valence-corrected chi connectivity index (χ2v) is 6.24. The lowest BCUT2D eigenvalue weighted by molar-refractivity contribution is 0.307. The highest BCUT2D eigenvalue weighted by Crippen LogP contribution is 2.35. The highest BCUT2D eigenvalue weighted by atomic mass is 15.0. The number of nitrogens with one attached hydrogen (secondary N) is 1. The SMILES string of the molecule is CCC1CCCC(c2ncc(CNC3CC3)cn2)C1. The van der Waals surface area contributed by atoms with E-state index in [-0.39, 0.29) is 0 Å². The van der Waals surface area contributed by atoms with Crippen molar-refractivity contribution in [2.24, 2.45) is 5.92 Å². The Balaban J connectivity index is 1.57. The van der Waals surface area contributed by atoms with Crippen LogP contribution in [0.4, 0.5) is 0 Å². The van der Waals surface area contributed by atoms with Gasteiger partial charge in [0, 0.05) is 36.5 Å². The van der Waals surface area contributed by atoms with E-state index >= 15 is 0 Å². The molecular weight excluding hydrogens is 234 g/mol. The molecule has 3 nitrogen and oxygen atoms in total. The Labute approximate surface area is 116 Å². The van der Waals surface area contributed by atoms with E-state index in [2.05, 4.69) is 22.2 Å². The molecule has 1 heterocycles. The fourth-order valence-corrected chi connectivity index (χ4v) is 3.11. The number of hydrogen-bond donors (Lipinski definition) is 1. The van der Waals surface area contributed by atoms with Crippen LogP contribution in [0.25, 0.3) is 0 Å². The minimum absolute atomic E-state index is 0.601. The van der Waals surface area contributed by atoms with Crippen molar-refractivity contribution < 1.29 is 0 Å². The van der Waals surface area contributed by atoms with Crippen LogP contribution in [-0.2, 0) is 6.54 Å². The van der Waals surface area contributed by atoms with Gasteiger partial charge in [-0.15, -0.1) is 0 Å². The van der Waals surface area contributed by atoms with E-state index in [1.54, 1.807) is 0 Å². The van der Waals surface area contributed by atoms with Gasteiger partial charge in [-0.1, -0.05) is 26.2 Å². The fraction of sp³-hybridized carbons (Fsp3) is 0.750. The molecule has 1 aromatic rings. The first-order chi connectivity index (χ1) is 9.35. The first-order valence-corrected chi connectivity index (χ1v) is 7.89. The summed E-state index contributed by atoms with van der Waals surface area (Å²) in [6.07, 6.45) is 13.3. The maximum Gasteiger partial charge on any atom is 0.131 e. The van der Waals surface area contributed by atoms with Crippen molar-refractivity contribution in [3.8, 4) is 0 Å². The molecule has 0 amide bonds. The molecule has 2 unspecified atom stereocenters. The van der Waals surface area contributed by atoms with E-state index in [0.29, 0.717) is 5.92 Å². The summed E-state index contributed by atoms with van der Waals surface area (Å²) in [6.45, 7) is 3.23. The number of aromatic nitrogens is 2. The zero-order valence-corrected chi connectivity index (χ0v) is 11.9. The molecule has 2 fully saturated rings. The molecule has 1 aromatic heterocycles. The van der Waals surface area contributed by atoms with Crippen LogP contribution in [0, 0.1) is 5.92 Å². The maximum absolute atomic E-state index is 4.62.